The van der Waals surface area contributed by atoms with Crippen molar-refractivity contribution in [1.29, 1.82) is 0 Å². The molecular formula is C30H35F3N4O6S. The average Bonchev–Trinajstić information content (AvgIpc) is 3.58. The van der Waals surface area contributed by atoms with Crippen LogP contribution < -0.4 is 4.90 Å². The summed E-state index contributed by atoms with van der Waals surface area (Å²) in [4.78, 5) is 27.1. The highest BCUT2D eigenvalue weighted by atomic mass is 32.2. The van der Waals surface area contributed by atoms with E-state index in [1.165, 1.54) is 21.1 Å². The molecule has 2 aliphatic rings. The summed E-state index contributed by atoms with van der Waals surface area (Å²) in [6, 6.07) is 16.2. The van der Waals surface area contributed by atoms with Gasteiger partial charge in [0, 0.05) is 50.9 Å². The van der Waals surface area contributed by atoms with Gasteiger partial charge in [-0.3, -0.25) is 4.79 Å². The van der Waals surface area contributed by atoms with Gasteiger partial charge < -0.3 is 19.4 Å². The molecule has 2 fully saturated rings. The first kappa shape index (κ1) is 33.0. The lowest BCUT2D eigenvalue weighted by atomic mass is 9.88. The number of carboxylic acid groups (broad SMARTS) is 1. The number of piperazine rings is 1. The number of nitrogens with zero attached hydrogens (tertiary/aromatic N) is 4. The number of hydrogen-bond donors (Lipinski definition) is 1. The number of anilines is 1. The summed E-state index contributed by atoms with van der Waals surface area (Å²) in [7, 11) is -3.85. The quantitative estimate of drug-likeness (QED) is 0.440. The standard InChI is InChI=1S/C28H34N4O4S.C2HF3O2/c1-19-10-11-20(2)26(16-19)30-12-14-31(15-13-30)28(33)25-18-32(17-24(25)23-8-6-5-7-9-23)37(34,35)27-21(3)29-36-22(27)4;3-2(4,5)1(6)7/h5-11,16,24-25H,12-15,17-18H2,1-4H3;(H,6,7). The number of amides is 1. The minimum Gasteiger partial charge on any atom is -0.475 e. The number of carbonyl (C=O) groups is 2. The van der Waals surface area contributed by atoms with Gasteiger partial charge in [-0.25, -0.2) is 13.2 Å². The van der Waals surface area contributed by atoms with Crippen LogP contribution in [0.15, 0.2) is 57.9 Å². The molecule has 238 valence electrons. The lowest BCUT2D eigenvalue weighted by Gasteiger charge is -2.38. The van der Waals surface area contributed by atoms with Crippen molar-refractivity contribution in [3.05, 3.63) is 76.7 Å². The molecule has 0 saturated carbocycles. The Morgan fingerprint density at radius 1 is 0.955 bits per heavy atom. The SMILES string of the molecule is Cc1ccc(C)c(N2CCN(C(=O)C3CN(S(=O)(=O)c4c(C)noc4C)CC3c3ccccc3)CC2)c1.O=C(O)C(F)(F)F. The predicted octanol–water partition coefficient (Wildman–Crippen LogP) is 4.29. The molecule has 1 N–H and O–H groups in total. The maximum absolute atomic E-state index is 13.9. The molecule has 2 aliphatic heterocycles. The Kier molecular flexibility index (Phi) is 9.74. The molecule has 5 rings (SSSR count). The van der Waals surface area contributed by atoms with Crippen LogP contribution in [0.25, 0.3) is 0 Å². The molecule has 2 unspecified atom stereocenters. The van der Waals surface area contributed by atoms with Crippen LogP contribution in [0.4, 0.5) is 18.9 Å². The van der Waals surface area contributed by atoms with E-state index < -0.39 is 28.1 Å². The van der Waals surface area contributed by atoms with Crippen LogP contribution in [0.5, 0.6) is 0 Å². The van der Waals surface area contributed by atoms with Crippen molar-refractivity contribution in [2.24, 2.45) is 5.92 Å². The Balaban J connectivity index is 0.000000566. The van der Waals surface area contributed by atoms with Crippen LogP contribution in [0.1, 0.15) is 34.1 Å². The Hall–Kier alpha value is -3.91. The number of benzene rings is 2. The molecule has 10 nitrogen and oxygen atoms in total. The van der Waals surface area contributed by atoms with Gasteiger partial charge in [-0.2, -0.15) is 17.5 Å². The smallest absolute Gasteiger partial charge is 0.475 e. The number of aromatic nitrogens is 1. The van der Waals surface area contributed by atoms with Crippen LogP contribution in [0, 0.1) is 33.6 Å². The summed E-state index contributed by atoms with van der Waals surface area (Å²) in [5, 5.41) is 11.0. The van der Waals surface area contributed by atoms with Gasteiger partial charge in [0.2, 0.25) is 15.9 Å². The van der Waals surface area contributed by atoms with Gasteiger partial charge in [0.15, 0.2) is 5.76 Å². The fourth-order valence-corrected chi connectivity index (χ4v) is 7.47. The summed E-state index contributed by atoms with van der Waals surface area (Å²) >= 11 is 0. The van der Waals surface area contributed by atoms with Crippen molar-refractivity contribution in [2.45, 2.75) is 44.7 Å². The molecule has 14 heteroatoms. The van der Waals surface area contributed by atoms with E-state index in [1.54, 1.807) is 13.8 Å². The molecule has 44 heavy (non-hydrogen) atoms. The lowest BCUT2D eigenvalue weighted by molar-refractivity contribution is -0.192. The normalized spacial score (nSPS) is 19.4. The molecule has 0 spiro atoms. The highest BCUT2D eigenvalue weighted by molar-refractivity contribution is 7.89. The van der Waals surface area contributed by atoms with E-state index in [-0.39, 0.29) is 35.6 Å². The largest absolute Gasteiger partial charge is 0.490 e. The van der Waals surface area contributed by atoms with E-state index in [0.29, 0.717) is 18.8 Å². The first-order valence-electron chi connectivity index (χ1n) is 14.0. The number of carboxylic acids is 1. The Labute approximate surface area is 254 Å². The van der Waals surface area contributed by atoms with Crippen LogP contribution in [-0.2, 0) is 19.6 Å². The third-order valence-electron chi connectivity index (χ3n) is 7.94. The van der Waals surface area contributed by atoms with Crippen LogP contribution in [0.2, 0.25) is 0 Å². The van der Waals surface area contributed by atoms with Gasteiger partial charge in [0.1, 0.15) is 10.6 Å². The molecule has 3 aromatic rings. The Bertz CT molecular complexity index is 1580. The summed E-state index contributed by atoms with van der Waals surface area (Å²) in [5.74, 6) is -3.14. The topological polar surface area (TPSA) is 124 Å². The molecule has 2 saturated heterocycles. The number of alkyl halides is 3. The highest BCUT2D eigenvalue weighted by Gasteiger charge is 2.46. The van der Waals surface area contributed by atoms with E-state index in [4.69, 9.17) is 14.4 Å². The molecular weight excluding hydrogens is 601 g/mol. The number of rotatable bonds is 5. The maximum atomic E-state index is 13.9. The number of carbonyl (C=O) groups excluding carboxylic acids is 1. The third kappa shape index (κ3) is 7.07. The van der Waals surface area contributed by atoms with Crippen LogP contribution in [0.3, 0.4) is 0 Å². The summed E-state index contributed by atoms with van der Waals surface area (Å²) < 4.78 is 65.5. The van der Waals surface area contributed by atoms with E-state index in [2.05, 4.69) is 42.1 Å². The summed E-state index contributed by atoms with van der Waals surface area (Å²) in [6.07, 6.45) is -5.08. The zero-order valence-electron chi connectivity index (χ0n) is 24.8. The molecule has 0 aliphatic carbocycles. The van der Waals surface area contributed by atoms with Crippen LogP contribution in [-0.4, -0.2) is 85.2 Å². The monoisotopic (exact) mass is 636 g/mol. The zero-order valence-corrected chi connectivity index (χ0v) is 25.7. The molecule has 1 amide bonds. The molecule has 0 radical (unpaired) electrons. The van der Waals surface area contributed by atoms with Crippen molar-refractivity contribution in [1.82, 2.24) is 14.4 Å². The van der Waals surface area contributed by atoms with Gasteiger partial charge in [-0.15, -0.1) is 0 Å². The van der Waals surface area contributed by atoms with Crippen molar-refractivity contribution >= 4 is 27.6 Å². The van der Waals surface area contributed by atoms with Gasteiger partial charge in [-0.05, 0) is 50.5 Å². The average molecular weight is 637 g/mol. The second kappa shape index (κ2) is 13.0. The summed E-state index contributed by atoms with van der Waals surface area (Å²) in [5.41, 5.74) is 4.98. The maximum Gasteiger partial charge on any atom is 0.490 e. The van der Waals surface area contributed by atoms with E-state index in [0.717, 1.165) is 18.7 Å². The Morgan fingerprint density at radius 3 is 2.11 bits per heavy atom. The van der Waals surface area contributed by atoms with Gasteiger partial charge in [0.05, 0.1) is 5.92 Å². The lowest BCUT2D eigenvalue weighted by Crippen LogP contribution is -2.51. The number of halogens is 3. The second-order valence-corrected chi connectivity index (χ2v) is 12.9. The number of aliphatic carboxylic acids is 1. The molecule has 2 atom stereocenters. The summed E-state index contributed by atoms with van der Waals surface area (Å²) in [6.45, 7) is 10.6. The molecule has 3 heterocycles. The van der Waals surface area contributed by atoms with Crippen molar-refractivity contribution in [3.63, 3.8) is 0 Å². The van der Waals surface area contributed by atoms with Crippen molar-refractivity contribution in [2.75, 3.05) is 44.2 Å². The number of hydrogen-bond acceptors (Lipinski definition) is 7. The first-order chi connectivity index (χ1) is 20.6. The Morgan fingerprint density at radius 2 is 1.57 bits per heavy atom. The molecule has 1 aromatic heterocycles. The van der Waals surface area contributed by atoms with E-state index in [1.807, 2.05) is 35.2 Å². The van der Waals surface area contributed by atoms with E-state index >= 15 is 0 Å². The van der Waals surface area contributed by atoms with Gasteiger partial charge >= 0.3 is 12.1 Å². The minimum atomic E-state index is -5.08. The fourth-order valence-electron chi connectivity index (χ4n) is 5.69. The van der Waals surface area contributed by atoms with Gasteiger partial charge in [-0.1, -0.05) is 47.6 Å². The number of aryl methyl sites for hydroxylation is 4. The second-order valence-electron chi connectivity index (χ2n) is 11.0. The van der Waals surface area contributed by atoms with Crippen LogP contribution >= 0.6 is 0 Å². The highest BCUT2D eigenvalue weighted by Crippen LogP contribution is 2.38. The van der Waals surface area contributed by atoms with Crippen molar-refractivity contribution in [3.8, 4) is 0 Å². The minimum absolute atomic E-state index is 0.0194. The van der Waals surface area contributed by atoms with Gasteiger partial charge in [0.25, 0.3) is 0 Å². The predicted molar refractivity (Wildman–Crippen MR) is 156 cm³/mol. The first-order valence-corrected chi connectivity index (χ1v) is 15.4. The fraction of sp³-hybridized carbons (Fsp3) is 0.433. The number of sulfonamides is 1. The van der Waals surface area contributed by atoms with Crippen molar-refractivity contribution < 1.29 is 40.8 Å². The zero-order chi connectivity index (χ0) is 32.4. The third-order valence-corrected chi connectivity index (χ3v) is 10.0. The molecule has 2 aromatic carbocycles. The molecule has 0 bridgehead atoms. The van der Waals surface area contributed by atoms with E-state index in [9.17, 15) is 26.4 Å².